The number of hydrogen-bond acceptors (Lipinski definition) is 9. The maximum Gasteiger partial charge on any atom is 0.219 e. The van der Waals surface area contributed by atoms with Crippen molar-refractivity contribution in [3.8, 4) is 28.5 Å². The van der Waals surface area contributed by atoms with Crippen molar-refractivity contribution in [2.24, 2.45) is 0 Å². The molecule has 2 aromatic carbocycles. The summed E-state index contributed by atoms with van der Waals surface area (Å²) < 4.78 is 13.9. The minimum absolute atomic E-state index is 0.100. The van der Waals surface area contributed by atoms with E-state index in [0.717, 1.165) is 40.1 Å². The molecule has 1 aliphatic heterocycles. The van der Waals surface area contributed by atoms with Crippen LogP contribution in [0, 0.1) is 0 Å². The second-order valence-electron chi connectivity index (χ2n) is 9.35. The lowest BCUT2D eigenvalue weighted by Gasteiger charge is -2.31. The predicted molar refractivity (Wildman–Crippen MR) is 149 cm³/mol. The van der Waals surface area contributed by atoms with Gasteiger partial charge in [-0.15, -0.1) is 11.3 Å². The highest BCUT2D eigenvalue weighted by atomic mass is 32.1. The Bertz CT molecular complexity index is 1590. The van der Waals surface area contributed by atoms with Gasteiger partial charge in [0.05, 0.1) is 21.8 Å². The summed E-state index contributed by atoms with van der Waals surface area (Å²) in [6, 6.07) is 15.4. The largest absolute Gasteiger partial charge is 0.488 e. The van der Waals surface area contributed by atoms with Gasteiger partial charge in [-0.05, 0) is 49.2 Å². The summed E-state index contributed by atoms with van der Waals surface area (Å²) >= 11 is 1.56. The molecule has 0 radical (unpaired) electrons. The molecule has 10 nitrogen and oxygen atoms in total. The lowest BCUT2D eigenvalue weighted by atomic mass is 10.1. The first-order valence-electron chi connectivity index (χ1n) is 12.7. The number of amides is 1. The Balaban J connectivity index is 1.21. The molecule has 4 heterocycles. The van der Waals surface area contributed by atoms with E-state index in [2.05, 4.69) is 15.0 Å². The van der Waals surface area contributed by atoms with Crippen molar-refractivity contribution in [2.75, 3.05) is 18.8 Å². The fourth-order valence-corrected chi connectivity index (χ4v) is 5.30. The summed E-state index contributed by atoms with van der Waals surface area (Å²) in [5, 5.41) is 5.68. The van der Waals surface area contributed by atoms with Gasteiger partial charge in [-0.2, -0.15) is 5.10 Å². The number of hydrogen-bond donors (Lipinski definition) is 1. The van der Waals surface area contributed by atoms with Gasteiger partial charge in [0.1, 0.15) is 41.7 Å². The average Bonchev–Trinajstić information content (AvgIpc) is 3.62. The minimum atomic E-state index is 0.100. The van der Waals surface area contributed by atoms with E-state index in [4.69, 9.17) is 20.3 Å². The molecule has 1 amide bonds. The van der Waals surface area contributed by atoms with Crippen LogP contribution in [0.3, 0.4) is 0 Å². The number of carbonyl (C=O) groups excluding carboxylic acids is 1. The number of rotatable bonds is 7. The van der Waals surface area contributed by atoms with Gasteiger partial charge in [-0.1, -0.05) is 6.07 Å². The molecule has 6 rings (SSSR count). The minimum Gasteiger partial charge on any atom is -0.488 e. The van der Waals surface area contributed by atoms with Gasteiger partial charge in [0, 0.05) is 37.8 Å². The normalized spacial score (nSPS) is 14.0. The van der Waals surface area contributed by atoms with Crippen molar-refractivity contribution in [2.45, 2.75) is 32.4 Å². The molecule has 1 fully saturated rings. The molecule has 11 heteroatoms. The number of anilines is 1. The molecule has 0 aliphatic carbocycles. The van der Waals surface area contributed by atoms with Crippen LogP contribution in [0.5, 0.6) is 17.2 Å². The molecule has 0 unspecified atom stereocenters. The highest BCUT2D eigenvalue weighted by molar-refractivity contribution is 7.09. The third-order valence-corrected chi connectivity index (χ3v) is 7.56. The third kappa shape index (κ3) is 5.26. The number of nitrogens with zero attached hydrogens (tertiary/aromatic N) is 6. The molecular weight excluding hydrogens is 514 g/mol. The summed E-state index contributed by atoms with van der Waals surface area (Å²) in [5.74, 6) is 2.57. The summed E-state index contributed by atoms with van der Waals surface area (Å²) in [6.45, 7) is 3.46. The number of ether oxygens (including phenoxy) is 2. The first-order chi connectivity index (χ1) is 19.0. The van der Waals surface area contributed by atoms with E-state index in [1.807, 2.05) is 58.1 Å². The summed E-state index contributed by atoms with van der Waals surface area (Å²) in [7, 11) is 0. The predicted octanol–water partition coefficient (Wildman–Crippen LogP) is 5.09. The molecule has 39 heavy (non-hydrogen) atoms. The van der Waals surface area contributed by atoms with Crippen LogP contribution in [0.25, 0.3) is 22.3 Å². The van der Waals surface area contributed by atoms with E-state index in [1.54, 1.807) is 30.0 Å². The van der Waals surface area contributed by atoms with Crippen LogP contribution in [0.4, 0.5) is 5.82 Å². The third-order valence-electron chi connectivity index (χ3n) is 6.81. The maximum atomic E-state index is 11.8. The van der Waals surface area contributed by atoms with Crippen LogP contribution < -0.4 is 15.2 Å². The van der Waals surface area contributed by atoms with Gasteiger partial charge >= 0.3 is 0 Å². The van der Waals surface area contributed by atoms with Crippen molar-refractivity contribution in [3.63, 3.8) is 0 Å². The number of nitrogen functional groups attached to an aromatic ring is 1. The highest BCUT2D eigenvalue weighted by Crippen LogP contribution is 2.35. The first-order valence-corrected chi connectivity index (χ1v) is 13.6. The Morgan fingerprint density at radius 1 is 1.08 bits per heavy atom. The molecule has 2 N–H and O–H groups in total. The molecule has 1 aliphatic rings. The number of nitrogens with two attached hydrogens (primary N) is 1. The Morgan fingerprint density at radius 2 is 1.87 bits per heavy atom. The lowest BCUT2D eigenvalue weighted by molar-refractivity contribution is -0.130. The van der Waals surface area contributed by atoms with Crippen LogP contribution in [0.1, 0.15) is 30.7 Å². The zero-order valence-electron chi connectivity index (χ0n) is 21.4. The van der Waals surface area contributed by atoms with E-state index in [0.29, 0.717) is 42.7 Å². The van der Waals surface area contributed by atoms with Crippen LogP contribution in [-0.4, -0.2) is 48.6 Å². The number of benzene rings is 2. The molecule has 0 saturated carbocycles. The molecular formula is C28H27N7O3S. The average molecular weight is 542 g/mol. The van der Waals surface area contributed by atoms with Crippen molar-refractivity contribution < 1.29 is 14.3 Å². The second kappa shape index (κ2) is 10.7. The standard InChI is InChI=1S/C28H27N7O3S/c1-18(36)34-11-9-20(10-12-34)35-28-25(27(29)31-16-32-28)26(33-35)19-5-7-21(8-6-19)38-23-4-2-3-22(13-23)37-15-24-14-30-17-39-24/h2-8,13-14,16-17,20H,9-12,15H2,1H3,(H2,29,31,32). The zero-order chi connectivity index (χ0) is 26.8. The number of fused-ring (bicyclic) bond motifs is 1. The van der Waals surface area contributed by atoms with Gasteiger partial charge in [0.15, 0.2) is 5.65 Å². The molecule has 0 atom stereocenters. The highest BCUT2D eigenvalue weighted by Gasteiger charge is 2.26. The van der Waals surface area contributed by atoms with Crippen molar-refractivity contribution in [1.29, 1.82) is 0 Å². The lowest BCUT2D eigenvalue weighted by Crippen LogP contribution is -2.37. The van der Waals surface area contributed by atoms with Gasteiger partial charge in [0.25, 0.3) is 0 Å². The Kier molecular flexibility index (Phi) is 6.80. The fraction of sp³-hybridized carbons (Fsp3) is 0.250. The van der Waals surface area contributed by atoms with Crippen LogP contribution in [0.2, 0.25) is 0 Å². The molecule has 0 bridgehead atoms. The number of thiazole rings is 1. The number of aromatic nitrogens is 5. The number of piperidine rings is 1. The summed E-state index contributed by atoms with van der Waals surface area (Å²) in [4.78, 5) is 27.5. The second-order valence-corrected chi connectivity index (χ2v) is 10.3. The van der Waals surface area contributed by atoms with E-state index in [1.165, 1.54) is 6.33 Å². The maximum absolute atomic E-state index is 11.8. The van der Waals surface area contributed by atoms with Crippen LogP contribution in [-0.2, 0) is 11.4 Å². The van der Waals surface area contributed by atoms with Crippen molar-refractivity contribution in [3.05, 3.63) is 71.4 Å². The molecule has 0 spiro atoms. The molecule has 5 aromatic rings. The van der Waals surface area contributed by atoms with Crippen molar-refractivity contribution in [1.82, 2.24) is 29.6 Å². The van der Waals surface area contributed by atoms with E-state index >= 15 is 0 Å². The quantitative estimate of drug-likeness (QED) is 0.303. The number of likely N-dealkylation sites (tertiary alicyclic amines) is 1. The van der Waals surface area contributed by atoms with Crippen LogP contribution >= 0.6 is 11.3 Å². The Labute approximate surface area is 229 Å². The van der Waals surface area contributed by atoms with Crippen LogP contribution in [0.15, 0.2) is 66.6 Å². The molecule has 3 aromatic heterocycles. The van der Waals surface area contributed by atoms with Gasteiger partial charge in [-0.25, -0.2) is 14.6 Å². The number of carbonyl (C=O) groups is 1. The van der Waals surface area contributed by atoms with Gasteiger partial charge in [-0.3, -0.25) is 9.78 Å². The SMILES string of the molecule is CC(=O)N1CCC(n2nc(-c3ccc(Oc4cccc(OCc5cncs5)c4)cc3)c3c(N)ncnc32)CC1. The van der Waals surface area contributed by atoms with Gasteiger partial charge in [0.2, 0.25) is 5.91 Å². The summed E-state index contributed by atoms with van der Waals surface area (Å²) in [6.07, 6.45) is 4.88. The molecule has 198 valence electrons. The monoisotopic (exact) mass is 541 g/mol. The topological polar surface area (TPSA) is 121 Å². The van der Waals surface area contributed by atoms with E-state index in [-0.39, 0.29) is 11.9 Å². The summed E-state index contributed by atoms with van der Waals surface area (Å²) in [5.41, 5.74) is 10.4. The molecule has 1 saturated heterocycles. The first kappa shape index (κ1) is 24.8. The van der Waals surface area contributed by atoms with Gasteiger partial charge < -0.3 is 20.1 Å². The Morgan fingerprint density at radius 3 is 2.62 bits per heavy atom. The fourth-order valence-electron chi connectivity index (χ4n) is 4.79. The van der Waals surface area contributed by atoms with E-state index < -0.39 is 0 Å². The van der Waals surface area contributed by atoms with Crippen molar-refractivity contribution >= 4 is 34.1 Å². The van der Waals surface area contributed by atoms with E-state index in [9.17, 15) is 4.79 Å². The Hall–Kier alpha value is -4.51. The smallest absolute Gasteiger partial charge is 0.219 e. The zero-order valence-corrected chi connectivity index (χ0v) is 22.2.